The van der Waals surface area contributed by atoms with Gasteiger partial charge >= 0.3 is 5.97 Å². The minimum atomic E-state index is -1.00. The molecule has 0 fully saturated rings. The SMILES string of the molecule is CC(=O)O.Cl.NC(CS)C(=O)O. The van der Waals surface area contributed by atoms with Crippen molar-refractivity contribution in [1.82, 2.24) is 0 Å². The highest BCUT2D eigenvalue weighted by atomic mass is 35.5. The van der Waals surface area contributed by atoms with Crippen molar-refractivity contribution >= 4 is 37.0 Å². The first-order valence-corrected chi connectivity index (χ1v) is 3.33. The maximum Gasteiger partial charge on any atom is 0.321 e. The van der Waals surface area contributed by atoms with E-state index in [9.17, 15) is 4.79 Å². The monoisotopic (exact) mass is 217 g/mol. The van der Waals surface area contributed by atoms with E-state index in [1.54, 1.807) is 0 Å². The molecule has 4 N–H and O–H groups in total. The molecule has 0 aliphatic carbocycles. The molecule has 0 rings (SSSR count). The van der Waals surface area contributed by atoms with E-state index in [-0.39, 0.29) is 18.2 Å². The zero-order valence-corrected chi connectivity index (χ0v) is 8.14. The molecule has 0 aliphatic heterocycles. The first-order valence-electron chi connectivity index (χ1n) is 2.70. The molecular formula is C5H12ClNO4S. The van der Waals surface area contributed by atoms with Gasteiger partial charge in [-0.05, 0) is 0 Å². The highest BCUT2D eigenvalue weighted by molar-refractivity contribution is 7.80. The summed E-state index contributed by atoms with van der Waals surface area (Å²) in [6, 6.07) is -0.816. The number of nitrogens with two attached hydrogens (primary N) is 1. The van der Waals surface area contributed by atoms with Gasteiger partial charge in [-0.25, -0.2) is 0 Å². The largest absolute Gasteiger partial charge is 0.481 e. The lowest BCUT2D eigenvalue weighted by Crippen LogP contribution is -2.31. The zero-order valence-electron chi connectivity index (χ0n) is 6.43. The van der Waals surface area contributed by atoms with Gasteiger partial charge in [0.1, 0.15) is 6.04 Å². The summed E-state index contributed by atoms with van der Waals surface area (Å²) in [4.78, 5) is 18.8. The van der Waals surface area contributed by atoms with Crippen LogP contribution in [0.25, 0.3) is 0 Å². The fourth-order valence-corrected chi connectivity index (χ4v) is 0.234. The van der Waals surface area contributed by atoms with Crippen molar-refractivity contribution < 1.29 is 19.8 Å². The minimum absolute atomic E-state index is 0. The van der Waals surface area contributed by atoms with Gasteiger partial charge < -0.3 is 15.9 Å². The van der Waals surface area contributed by atoms with Crippen LogP contribution in [-0.2, 0) is 9.59 Å². The van der Waals surface area contributed by atoms with E-state index in [2.05, 4.69) is 12.6 Å². The average molecular weight is 218 g/mol. The zero-order chi connectivity index (χ0) is 9.44. The molecule has 0 radical (unpaired) electrons. The van der Waals surface area contributed by atoms with Gasteiger partial charge in [0.15, 0.2) is 0 Å². The molecule has 12 heavy (non-hydrogen) atoms. The molecule has 0 amide bonds. The van der Waals surface area contributed by atoms with Crippen LogP contribution in [0.3, 0.4) is 0 Å². The highest BCUT2D eigenvalue weighted by Crippen LogP contribution is 1.80. The minimum Gasteiger partial charge on any atom is -0.481 e. The van der Waals surface area contributed by atoms with Gasteiger partial charge in [0.25, 0.3) is 5.97 Å². The van der Waals surface area contributed by atoms with Gasteiger partial charge in [-0.15, -0.1) is 12.4 Å². The van der Waals surface area contributed by atoms with Gasteiger partial charge in [-0.3, -0.25) is 9.59 Å². The van der Waals surface area contributed by atoms with E-state index in [0.717, 1.165) is 6.92 Å². The lowest BCUT2D eigenvalue weighted by molar-refractivity contribution is -0.138. The maximum atomic E-state index is 9.76. The van der Waals surface area contributed by atoms with E-state index in [4.69, 9.17) is 20.7 Å². The Morgan fingerprint density at radius 1 is 1.50 bits per heavy atom. The number of carboxylic acid groups (broad SMARTS) is 2. The molecule has 0 aliphatic rings. The van der Waals surface area contributed by atoms with Crippen LogP contribution >= 0.6 is 25.0 Å². The summed E-state index contributed by atoms with van der Waals surface area (Å²) in [5.74, 6) is -1.65. The topological polar surface area (TPSA) is 101 Å². The Hall–Kier alpha value is -0.460. The predicted molar refractivity (Wildman–Crippen MR) is 50.0 cm³/mol. The summed E-state index contributed by atoms with van der Waals surface area (Å²) in [6.45, 7) is 1.08. The summed E-state index contributed by atoms with van der Waals surface area (Å²) in [5.41, 5.74) is 4.94. The van der Waals surface area contributed by atoms with Gasteiger partial charge in [0.2, 0.25) is 0 Å². The second-order valence-electron chi connectivity index (χ2n) is 1.65. The van der Waals surface area contributed by atoms with Crippen molar-refractivity contribution in [3.63, 3.8) is 0 Å². The number of hydrogen-bond acceptors (Lipinski definition) is 4. The summed E-state index contributed by atoms with van der Waals surface area (Å²) >= 11 is 3.65. The van der Waals surface area contributed by atoms with Gasteiger partial charge in [-0.2, -0.15) is 12.6 Å². The van der Waals surface area contributed by atoms with Gasteiger partial charge in [0.05, 0.1) is 0 Å². The molecule has 0 aromatic carbocycles. The lowest BCUT2D eigenvalue weighted by atomic mass is 10.4. The summed E-state index contributed by atoms with van der Waals surface area (Å²) in [7, 11) is 0. The molecule has 74 valence electrons. The molecular weight excluding hydrogens is 206 g/mol. The highest BCUT2D eigenvalue weighted by Gasteiger charge is 2.06. The molecule has 1 atom stereocenters. The number of thiol groups is 1. The Morgan fingerprint density at radius 2 is 1.75 bits per heavy atom. The van der Waals surface area contributed by atoms with E-state index in [0.29, 0.717) is 0 Å². The molecule has 0 spiro atoms. The van der Waals surface area contributed by atoms with Crippen molar-refractivity contribution in [2.24, 2.45) is 5.73 Å². The summed E-state index contributed by atoms with van der Waals surface area (Å²) in [6.07, 6.45) is 0. The van der Waals surface area contributed by atoms with Crippen LogP contribution in [-0.4, -0.2) is 33.9 Å². The fourth-order valence-electron chi connectivity index (χ4n) is 0.0781. The third-order valence-electron chi connectivity index (χ3n) is 0.514. The number of carbonyl (C=O) groups is 2. The number of carboxylic acids is 2. The van der Waals surface area contributed by atoms with Crippen LogP contribution in [0, 0.1) is 0 Å². The number of aliphatic carboxylic acids is 2. The van der Waals surface area contributed by atoms with Crippen LogP contribution in [0.2, 0.25) is 0 Å². The van der Waals surface area contributed by atoms with Crippen LogP contribution in [0.15, 0.2) is 0 Å². The second-order valence-corrected chi connectivity index (χ2v) is 2.01. The molecule has 0 saturated carbocycles. The maximum absolute atomic E-state index is 9.76. The Kier molecular flexibility index (Phi) is 15.4. The van der Waals surface area contributed by atoms with Crippen molar-refractivity contribution in [3.8, 4) is 0 Å². The quantitative estimate of drug-likeness (QED) is 0.482. The number of rotatable bonds is 2. The standard InChI is InChI=1S/C3H7NO2S.C2H4O2.ClH/c4-2(1-7)3(5)6;1-2(3)4;/h2,7H,1,4H2,(H,5,6);1H3,(H,3,4);1H. The average Bonchev–Trinajstić information content (AvgIpc) is 1.85. The molecule has 1 unspecified atom stereocenters. The summed E-state index contributed by atoms with van der Waals surface area (Å²) < 4.78 is 0. The first kappa shape index (κ1) is 17.6. The van der Waals surface area contributed by atoms with Crippen LogP contribution in [0.4, 0.5) is 0 Å². The van der Waals surface area contributed by atoms with E-state index >= 15 is 0 Å². The third-order valence-corrected chi connectivity index (χ3v) is 0.907. The first-order chi connectivity index (χ1) is 4.91. The van der Waals surface area contributed by atoms with Crippen LogP contribution in [0.1, 0.15) is 6.92 Å². The Morgan fingerprint density at radius 3 is 1.75 bits per heavy atom. The molecule has 0 bridgehead atoms. The van der Waals surface area contributed by atoms with E-state index in [1.165, 1.54) is 0 Å². The van der Waals surface area contributed by atoms with Gasteiger partial charge in [-0.1, -0.05) is 0 Å². The Balaban J connectivity index is -0.000000142. The lowest BCUT2D eigenvalue weighted by Gasteiger charge is -1.96. The smallest absolute Gasteiger partial charge is 0.321 e. The van der Waals surface area contributed by atoms with Crippen molar-refractivity contribution in [2.45, 2.75) is 13.0 Å². The number of halogens is 1. The Bertz CT molecular complexity index is 139. The summed E-state index contributed by atoms with van der Waals surface area (Å²) in [5, 5.41) is 15.4. The molecule has 0 aromatic rings. The van der Waals surface area contributed by atoms with Gasteiger partial charge in [0, 0.05) is 12.7 Å². The molecule has 0 aromatic heterocycles. The molecule has 7 heteroatoms. The van der Waals surface area contributed by atoms with E-state index in [1.807, 2.05) is 0 Å². The van der Waals surface area contributed by atoms with Crippen molar-refractivity contribution in [1.29, 1.82) is 0 Å². The van der Waals surface area contributed by atoms with Crippen LogP contribution < -0.4 is 5.73 Å². The molecule has 5 nitrogen and oxygen atoms in total. The normalized spacial score (nSPS) is 9.92. The molecule has 0 heterocycles. The van der Waals surface area contributed by atoms with Crippen molar-refractivity contribution in [3.05, 3.63) is 0 Å². The predicted octanol–water partition coefficient (Wildman–Crippen LogP) is -0.159. The Labute approximate surface area is 81.8 Å². The fraction of sp³-hybridized carbons (Fsp3) is 0.600. The van der Waals surface area contributed by atoms with Crippen LogP contribution in [0.5, 0.6) is 0 Å². The number of hydrogen-bond donors (Lipinski definition) is 4. The molecule has 0 saturated heterocycles. The van der Waals surface area contributed by atoms with E-state index < -0.39 is 18.0 Å². The third kappa shape index (κ3) is 22.7. The van der Waals surface area contributed by atoms with Crippen molar-refractivity contribution in [2.75, 3.05) is 5.75 Å². The second kappa shape index (κ2) is 10.5.